The molecule has 2 aromatic heterocycles. The molecule has 3 heterocycles. The molecule has 1 atom stereocenters. The third-order valence-corrected chi connectivity index (χ3v) is 5.21. The minimum absolute atomic E-state index is 0.189. The molecule has 0 aromatic carbocycles. The normalized spacial score (nSPS) is 19.9. The Kier molecular flexibility index (Phi) is 4.59. The molecule has 6 heteroatoms. The fraction of sp³-hybridized carbons (Fsp3) is 0.450. The number of amides is 1. The molecule has 1 fully saturated rings. The first-order valence-electron chi connectivity index (χ1n) is 9.20. The summed E-state index contributed by atoms with van der Waals surface area (Å²) in [4.78, 5) is 34.3. The average Bonchev–Trinajstić information content (AvgIpc) is 2.67. The second-order valence-electron chi connectivity index (χ2n) is 7.06. The number of H-pyrrole nitrogens is 1. The van der Waals surface area contributed by atoms with Crippen LogP contribution in [0.25, 0.3) is 0 Å². The molecule has 1 saturated heterocycles. The number of nitrogens with one attached hydrogen (secondary N) is 1. The van der Waals surface area contributed by atoms with E-state index < -0.39 is 0 Å². The first-order chi connectivity index (χ1) is 12.6. The first-order valence-corrected chi connectivity index (χ1v) is 9.20. The van der Waals surface area contributed by atoms with Gasteiger partial charge in [-0.05, 0) is 61.9 Å². The van der Waals surface area contributed by atoms with Gasteiger partial charge in [0.25, 0.3) is 11.5 Å². The fourth-order valence-corrected chi connectivity index (χ4v) is 3.81. The summed E-state index contributed by atoms with van der Waals surface area (Å²) in [6.07, 6.45) is 5.57. The van der Waals surface area contributed by atoms with Crippen molar-refractivity contribution in [1.29, 1.82) is 0 Å². The molecule has 2 aromatic rings. The maximum Gasteiger partial charge on any atom is 0.261 e. The highest BCUT2D eigenvalue weighted by atomic mass is 16.5. The lowest BCUT2D eigenvalue weighted by Crippen LogP contribution is -2.44. The van der Waals surface area contributed by atoms with Crippen LogP contribution in [0, 0.1) is 6.92 Å². The van der Waals surface area contributed by atoms with Gasteiger partial charge < -0.3 is 14.6 Å². The molecule has 6 nitrogen and oxygen atoms in total. The second-order valence-corrected chi connectivity index (χ2v) is 7.06. The van der Waals surface area contributed by atoms with Crippen LogP contribution in [0.2, 0.25) is 0 Å². The Labute approximate surface area is 152 Å². The lowest BCUT2D eigenvalue weighted by Gasteiger charge is -2.33. The smallest absolute Gasteiger partial charge is 0.261 e. The monoisotopic (exact) mass is 353 g/mol. The van der Waals surface area contributed by atoms with Crippen molar-refractivity contribution in [2.75, 3.05) is 19.7 Å². The summed E-state index contributed by atoms with van der Waals surface area (Å²) in [5.41, 5.74) is 3.99. The van der Waals surface area contributed by atoms with E-state index in [1.54, 1.807) is 17.2 Å². The van der Waals surface area contributed by atoms with Gasteiger partial charge in [-0.2, -0.15) is 0 Å². The fourth-order valence-electron chi connectivity index (χ4n) is 3.81. The van der Waals surface area contributed by atoms with E-state index >= 15 is 0 Å². The van der Waals surface area contributed by atoms with Crippen LogP contribution in [0.3, 0.4) is 0 Å². The number of fused-ring (bicyclic) bond motifs is 1. The van der Waals surface area contributed by atoms with Crippen molar-refractivity contribution in [2.45, 2.75) is 38.7 Å². The Morgan fingerprint density at radius 1 is 1.31 bits per heavy atom. The standard InChI is InChI=1S/C20H23N3O3/c1-13-10-15(6-7-21-13)18-12-23(8-9-26-18)20(25)16-11-14-4-2-3-5-17(14)22-19(16)24/h6-7,10-11,18H,2-5,8-9,12H2,1H3,(H,22,24)/t18-/m0/s1. The van der Waals surface area contributed by atoms with Crippen LogP contribution >= 0.6 is 0 Å². The molecule has 0 spiro atoms. The summed E-state index contributed by atoms with van der Waals surface area (Å²) in [7, 11) is 0. The predicted molar refractivity (Wildman–Crippen MR) is 97.3 cm³/mol. The number of carbonyl (C=O) groups excluding carboxylic acids is 1. The van der Waals surface area contributed by atoms with Gasteiger partial charge in [-0.15, -0.1) is 0 Å². The van der Waals surface area contributed by atoms with Crippen LogP contribution < -0.4 is 5.56 Å². The number of hydrogen-bond acceptors (Lipinski definition) is 4. The minimum Gasteiger partial charge on any atom is -0.370 e. The maximum absolute atomic E-state index is 13.0. The Morgan fingerprint density at radius 2 is 2.15 bits per heavy atom. The Balaban J connectivity index is 1.57. The second kappa shape index (κ2) is 7.03. The molecule has 1 N–H and O–H groups in total. The minimum atomic E-state index is -0.279. The lowest BCUT2D eigenvalue weighted by molar-refractivity contribution is -0.0229. The number of carbonyl (C=O) groups is 1. The number of pyridine rings is 2. The Morgan fingerprint density at radius 3 is 3.00 bits per heavy atom. The van der Waals surface area contributed by atoms with Crippen LogP contribution in [0.15, 0.2) is 29.2 Å². The molecular weight excluding hydrogens is 330 g/mol. The summed E-state index contributed by atoms with van der Waals surface area (Å²) in [6, 6.07) is 5.69. The quantitative estimate of drug-likeness (QED) is 0.898. The zero-order chi connectivity index (χ0) is 18.1. The van der Waals surface area contributed by atoms with Crippen molar-refractivity contribution < 1.29 is 9.53 Å². The number of ether oxygens (including phenoxy) is 1. The van der Waals surface area contributed by atoms with Gasteiger partial charge >= 0.3 is 0 Å². The van der Waals surface area contributed by atoms with Gasteiger partial charge in [0.05, 0.1) is 13.2 Å². The van der Waals surface area contributed by atoms with E-state index in [4.69, 9.17) is 4.74 Å². The third kappa shape index (κ3) is 3.29. The van der Waals surface area contributed by atoms with Crippen LogP contribution in [0.5, 0.6) is 0 Å². The first kappa shape index (κ1) is 17.0. The number of aromatic nitrogens is 2. The third-order valence-electron chi connectivity index (χ3n) is 5.21. The van der Waals surface area contributed by atoms with Crippen LogP contribution in [-0.2, 0) is 17.6 Å². The summed E-state index contributed by atoms with van der Waals surface area (Å²) in [5.74, 6) is -0.210. The number of hydrogen-bond donors (Lipinski definition) is 1. The topological polar surface area (TPSA) is 75.3 Å². The van der Waals surface area contributed by atoms with Crippen molar-refractivity contribution in [2.24, 2.45) is 0 Å². The van der Waals surface area contributed by atoms with E-state index in [2.05, 4.69) is 9.97 Å². The number of morpholine rings is 1. The van der Waals surface area contributed by atoms with Crippen LogP contribution in [-0.4, -0.2) is 40.5 Å². The van der Waals surface area contributed by atoms with Gasteiger partial charge in [0.15, 0.2) is 0 Å². The van der Waals surface area contributed by atoms with E-state index in [0.717, 1.165) is 48.2 Å². The molecule has 1 aliphatic heterocycles. The molecule has 1 amide bonds. The van der Waals surface area contributed by atoms with E-state index in [0.29, 0.717) is 19.7 Å². The Hall–Kier alpha value is -2.47. The largest absolute Gasteiger partial charge is 0.370 e. The van der Waals surface area contributed by atoms with Crippen LogP contribution in [0.4, 0.5) is 0 Å². The van der Waals surface area contributed by atoms with Gasteiger partial charge in [-0.25, -0.2) is 0 Å². The van der Waals surface area contributed by atoms with E-state index in [1.807, 2.05) is 19.1 Å². The van der Waals surface area contributed by atoms with E-state index in [-0.39, 0.29) is 23.1 Å². The highest BCUT2D eigenvalue weighted by molar-refractivity contribution is 5.94. The molecule has 0 unspecified atom stereocenters. The Bertz CT molecular complexity index is 890. The van der Waals surface area contributed by atoms with E-state index in [9.17, 15) is 9.59 Å². The molecule has 1 aliphatic carbocycles. The summed E-state index contributed by atoms with van der Waals surface area (Å²) >= 11 is 0. The van der Waals surface area contributed by atoms with Crippen LogP contribution in [0.1, 0.15) is 51.8 Å². The molecule has 0 bridgehead atoms. The molecule has 2 aliphatic rings. The van der Waals surface area contributed by atoms with Crippen molar-refractivity contribution in [3.8, 4) is 0 Å². The van der Waals surface area contributed by atoms with Gasteiger partial charge in [-0.1, -0.05) is 0 Å². The average molecular weight is 353 g/mol. The highest BCUT2D eigenvalue weighted by Crippen LogP contribution is 2.24. The summed E-state index contributed by atoms with van der Waals surface area (Å²) in [5, 5.41) is 0. The molecule has 26 heavy (non-hydrogen) atoms. The van der Waals surface area contributed by atoms with Gasteiger partial charge in [0, 0.05) is 24.1 Å². The maximum atomic E-state index is 13.0. The van der Waals surface area contributed by atoms with Crippen molar-refractivity contribution >= 4 is 5.91 Å². The van der Waals surface area contributed by atoms with Crippen molar-refractivity contribution in [1.82, 2.24) is 14.9 Å². The molecular formula is C20H23N3O3. The van der Waals surface area contributed by atoms with Gasteiger partial charge in [0.2, 0.25) is 0 Å². The van der Waals surface area contributed by atoms with Crippen molar-refractivity contribution in [3.05, 3.63) is 62.8 Å². The SMILES string of the molecule is Cc1cc([C@@H]2CN(C(=O)c3cc4c([nH]c3=O)CCCC4)CCO2)ccn1. The molecule has 136 valence electrons. The van der Waals surface area contributed by atoms with Gasteiger partial charge in [0.1, 0.15) is 11.7 Å². The molecule has 4 rings (SSSR count). The number of aryl methyl sites for hydroxylation is 3. The lowest BCUT2D eigenvalue weighted by atomic mass is 9.95. The highest BCUT2D eigenvalue weighted by Gasteiger charge is 2.28. The molecule has 0 radical (unpaired) electrons. The van der Waals surface area contributed by atoms with E-state index in [1.165, 1.54) is 0 Å². The number of aromatic amines is 1. The number of nitrogens with zero attached hydrogens (tertiary/aromatic N) is 2. The zero-order valence-corrected chi connectivity index (χ0v) is 15.0. The number of rotatable bonds is 2. The summed E-state index contributed by atoms with van der Waals surface area (Å²) < 4.78 is 5.85. The van der Waals surface area contributed by atoms with Gasteiger partial charge in [-0.3, -0.25) is 14.6 Å². The molecule has 0 saturated carbocycles. The predicted octanol–water partition coefficient (Wildman–Crippen LogP) is 2.17. The zero-order valence-electron chi connectivity index (χ0n) is 15.0. The summed E-state index contributed by atoms with van der Waals surface area (Å²) in [6.45, 7) is 3.33. The van der Waals surface area contributed by atoms with Crippen molar-refractivity contribution in [3.63, 3.8) is 0 Å².